The van der Waals surface area contributed by atoms with Gasteiger partial charge in [0, 0.05) is 46.9 Å². The van der Waals surface area contributed by atoms with E-state index in [-0.39, 0.29) is 10.8 Å². The van der Waals surface area contributed by atoms with Crippen LogP contribution in [-0.2, 0) is 10.8 Å². The highest BCUT2D eigenvalue weighted by molar-refractivity contribution is 6.32. The molecule has 4 aromatic rings. The van der Waals surface area contributed by atoms with Gasteiger partial charge < -0.3 is 4.90 Å². The maximum absolute atomic E-state index is 7.21. The third kappa shape index (κ3) is 4.32. The molecule has 0 amide bonds. The predicted octanol–water partition coefficient (Wildman–Crippen LogP) is 10.7. The lowest BCUT2D eigenvalue weighted by atomic mass is 9.77. The largest absolute Gasteiger partial charge is 0.347 e. The minimum absolute atomic E-state index is 0.0203. The molecule has 218 valence electrons. The maximum Gasteiger partial charge on any atom is 0.209 e. The molecule has 0 saturated carbocycles. The van der Waals surface area contributed by atoms with Crippen molar-refractivity contribution >= 4 is 50.2 Å². The van der Waals surface area contributed by atoms with Crippen molar-refractivity contribution in [3.8, 4) is 0 Å². The molecule has 0 spiro atoms. The van der Waals surface area contributed by atoms with E-state index in [2.05, 4.69) is 136 Å². The number of likely N-dealkylation sites (N-methyl/N-ethyl adjacent to an activating group) is 1. The summed E-state index contributed by atoms with van der Waals surface area (Å²) in [5.74, 6) is 0. The van der Waals surface area contributed by atoms with Gasteiger partial charge >= 0.3 is 0 Å². The molecule has 0 bridgehead atoms. The van der Waals surface area contributed by atoms with Gasteiger partial charge in [0.15, 0.2) is 5.71 Å². The predicted molar refractivity (Wildman–Crippen MR) is 185 cm³/mol. The van der Waals surface area contributed by atoms with Gasteiger partial charge in [-0.15, -0.1) is 0 Å². The van der Waals surface area contributed by atoms with Gasteiger partial charge in [0.05, 0.1) is 5.41 Å². The standard InChI is InChI=1S/C40H42ClN2/c1-39(2)34(42(5)32-22-18-26-12-7-9-16-30(26)36(32)39)24-20-28-14-11-15-29(38(28)41)21-25-35-40(3,4)37-31-17-10-8-13-27(31)19-23-33(37)43(35)6/h7-10,12-13,16-20,22-24H,11,14-15,21,25H2,1-6H3/q+1/b28-20+,34-24+. The summed E-state index contributed by atoms with van der Waals surface area (Å²) in [5.41, 5.74) is 10.9. The summed E-state index contributed by atoms with van der Waals surface area (Å²) in [6.07, 6.45) is 9.94. The molecule has 3 heteroatoms. The number of rotatable bonds is 4. The van der Waals surface area contributed by atoms with Gasteiger partial charge in [-0.05, 0) is 90.4 Å². The van der Waals surface area contributed by atoms with Crippen molar-refractivity contribution < 1.29 is 4.58 Å². The SMILES string of the molecule is CN1/C(=C/C=C2\CCCC(CCC3=[N+](C)c4ccc5ccccc5c4C3(C)C)=C2Cl)C(C)(C)c2c1ccc1ccccc21. The van der Waals surface area contributed by atoms with Crippen molar-refractivity contribution in [1.82, 2.24) is 0 Å². The molecular weight excluding hydrogens is 544 g/mol. The van der Waals surface area contributed by atoms with E-state index in [9.17, 15) is 0 Å². The van der Waals surface area contributed by atoms with E-state index in [1.165, 1.54) is 66.6 Å². The minimum Gasteiger partial charge on any atom is -0.347 e. The summed E-state index contributed by atoms with van der Waals surface area (Å²) in [7, 11) is 4.45. The van der Waals surface area contributed by atoms with Crippen LogP contribution in [0.4, 0.5) is 11.4 Å². The summed E-state index contributed by atoms with van der Waals surface area (Å²) in [4.78, 5) is 2.37. The normalized spacial score (nSPS) is 21.0. The number of hydrogen-bond acceptors (Lipinski definition) is 1. The topological polar surface area (TPSA) is 6.25 Å². The minimum atomic E-state index is -0.0931. The summed E-state index contributed by atoms with van der Waals surface area (Å²) in [6, 6.07) is 26.7. The van der Waals surface area contributed by atoms with Gasteiger partial charge in [0.2, 0.25) is 5.69 Å². The summed E-state index contributed by atoms with van der Waals surface area (Å²) in [5, 5.41) is 6.33. The smallest absolute Gasteiger partial charge is 0.209 e. The number of fused-ring (bicyclic) bond motifs is 6. The van der Waals surface area contributed by atoms with Crippen LogP contribution in [0.5, 0.6) is 0 Å². The van der Waals surface area contributed by atoms with Crippen LogP contribution in [0.15, 0.2) is 107 Å². The zero-order valence-corrected chi connectivity index (χ0v) is 27.1. The van der Waals surface area contributed by atoms with Gasteiger partial charge in [-0.25, -0.2) is 4.58 Å². The number of benzene rings is 4. The first-order valence-corrected chi connectivity index (χ1v) is 16.2. The van der Waals surface area contributed by atoms with Gasteiger partial charge in [-0.3, -0.25) is 0 Å². The summed E-state index contributed by atoms with van der Waals surface area (Å²) < 4.78 is 2.44. The van der Waals surface area contributed by atoms with Gasteiger partial charge in [0.1, 0.15) is 7.05 Å². The Bertz CT molecular complexity index is 1930. The van der Waals surface area contributed by atoms with E-state index >= 15 is 0 Å². The molecule has 0 radical (unpaired) electrons. The Hall–Kier alpha value is -3.62. The van der Waals surface area contributed by atoms with Crippen molar-refractivity contribution in [2.45, 2.75) is 70.6 Å². The molecule has 2 nitrogen and oxygen atoms in total. The Balaban J connectivity index is 1.17. The molecule has 0 aromatic heterocycles. The average Bonchev–Trinajstić information content (AvgIpc) is 3.33. The van der Waals surface area contributed by atoms with E-state index in [0.29, 0.717) is 0 Å². The lowest BCUT2D eigenvalue weighted by molar-refractivity contribution is -0.403. The number of nitrogens with zero attached hydrogens (tertiary/aromatic N) is 2. The van der Waals surface area contributed by atoms with Crippen molar-refractivity contribution in [1.29, 1.82) is 0 Å². The third-order valence-corrected chi connectivity index (χ3v) is 11.0. The number of hydrogen-bond donors (Lipinski definition) is 0. The molecule has 2 aliphatic heterocycles. The van der Waals surface area contributed by atoms with Crippen LogP contribution in [0, 0.1) is 0 Å². The molecule has 3 aliphatic rings. The molecule has 0 saturated heterocycles. The lowest BCUT2D eigenvalue weighted by Crippen LogP contribution is -2.28. The molecule has 0 fully saturated rings. The second-order valence-corrected chi connectivity index (χ2v) is 14.1. The van der Waals surface area contributed by atoms with Crippen molar-refractivity contribution in [3.05, 3.63) is 118 Å². The molecule has 4 aromatic carbocycles. The van der Waals surface area contributed by atoms with Crippen LogP contribution in [-0.4, -0.2) is 24.4 Å². The first-order chi connectivity index (χ1) is 20.6. The fraction of sp³-hybridized carbons (Fsp3) is 0.325. The number of allylic oxidation sites excluding steroid dienone is 6. The van der Waals surface area contributed by atoms with E-state index in [0.717, 1.165) is 37.1 Å². The first kappa shape index (κ1) is 28.2. The zero-order valence-electron chi connectivity index (χ0n) is 26.4. The van der Waals surface area contributed by atoms with E-state index in [4.69, 9.17) is 11.6 Å². The maximum atomic E-state index is 7.21. The van der Waals surface area contributed by atoms with E-state index < -0.39 is 0 Å². The van der Waals surface area contributed by atoms with Crippen molar-refractivity contribution in [3.63, 3.8) is 0 Å². The van der Waals surface area contributed by atoms with Crippen LogP contribution in [0.3, 0.4) is 0 Å². The van der Waals surface area contributed by atoms with Gasteiger partial charge in [-0.2, -0.15) is 0 Å². The third-order valence-electron chi connectivity index (χ3n) is 10.5. The molecule has 1 aliphatic carbocycles. The first-order valence-electron chi connectivity index (χ1n) is 15.8. The van der Waals surface area contributed by atoms with E-state index in [1.54, 1.807) is 0 Å². The Morgan fingerprint density at radius 3 is 2.14 bits per heavy atom. The highest BCUT2D eigenvalue weighted by Crippen LogP contribution is 2.50. The van der Waals surface area contributed by atoms with Crippen LogP contribution in [0.1, 0.15) is 70.9 Å². The van der Waals surface area contributed by atoms with Crippen molar-refractivity contribution in [2.75, 3.05) is 19.0 Å². The highest BCUT2D eigenvalue weighted by Gasteiger charge is 2.45. The van der Waals surface area contributed by atoms with Gasteiger partial charge in [-0.1, -0.05) is 91.7 Å². The second-order valence-electron chi connectivity index (χ2n) is 13.7. The molecule has 0 atom stereocenters. The molecule has 43 heavy (non-hydrogen) atoms. The number of anilines is 1. The lowest BCUT2D eigenvalue weighted by Gasteiger charge is -2.25. The Morgan fingerprint density at radius 1 is 0.767 bits per heavy atom. The van der Waals surface area contributed by atoms with Crippen molar-refractivity contribution in [2.24, 2.45) is 0 Å². The monoisotopic (exact) mass is 585 g/mol. The second kappa shape index (κ2) is 10.2. The highest BCUT2D eigenvalue weighted by atomic mass is 35.5. The van der Waals surface area contributed by atoms with Crippen LogP contribution in [0.25, 0.3) is 21.5 Å². The Labute approximate surface area is 261 Å². The summed E-state index contributed by atoms with van der Waals surface area (Å²) >= 11 is 7.21. The fourth-order valence-corrected chi connectivity index (χ4v) is 8.70. The average molecular weight is 586 g/mol. The summed E-state index contributed by atoms with van der Waals surface area (Å²) in [6.45, 7) is 9.50. The molecular formula is C40H42ClN2+. The number of halogens is 1. The quantitative estimate of drug-likeness (QED) is 0.216. The van der Waals surface area contributed by atoms with Crippen LogP contribution >= 0.6 is 11.6 Å². The molecule has 2 heterocycles. The molecule has 0 unspecified atom stereocenters. The van der Waals surface area contributed by atoms with Crippen LogP contribution < -0.4 is 4.90 Å². The molecule has 7 rings (SSSR count). The Morgan fingerprint density at radius 2 is 1.42 bits per heavy atom. The van der Waals surface area contributed by atoms with Crippen LogP contribution in [0.2, 0.25) is 0 Å². The van der Waals surface area contributed by atoms with Gasteiger partial charge in [0.25, 0.3) is 0 Å². The molecule has 0 N–H and O–H groups in total. The zero-order chi connectivity index (χ0) is 30.1. The Kier molecular flexibility index (Phi) is 6.71. The van der Waals surface area contributed by atoms with E-state index in [1.807, 2.05) is 0 Å². The fourth-order valence-electron chi connectivity index (χ4n) is 8.36.